The second-order valence-corrected chi connectivity index (χ2v) is 6.84. The molecule has 30 heavy (non-hydrogen) atoms. The van der Waals surface area contributed by atoms with Crippen LogP contribution in [-0.4, -0.2) is 75.1 Å². The van der Waals surface area contributed by atoms with Crippen LogP contribution in [0.15, 0.2) is 36.4 Å². The van der Waals surface area contributed by atoms with Crippen molar-refractivity contribution in [2.24, 2.45) is 0 Å². The Bertz CT molecular complexity index is 898. The largest absolute Gasteiger partial charge is 0.508 e. The lowest BCUT2D eigenvalue weighted by Crippen LogP contribution is -2.60. The van der Waals surface area contributed by atoms with Gasteiger partial charge in [-0.05, 0) is 35.4 Å². The standard InChI is InChI=1S/C21H24O9/c1-28-16-5-4-11(8-15(16)24)2-3-12-6-13(23)9-14(7-12)29-20-19(26)18(25)17(10-22)30-21(20)27/h2-9,17-27H,10H2,1H3/b3-2+/t17-,18-,19+,20-,21-/m1/s1. The fourth-order valence-electron chi connectivity index (χ4n) is 3.13. The Morgan fingerprint density at radius 1 is 0.967 bits per heavy atom. The summed E-state index contributed by atoms with van der Waals surface area (Å²) in [4.78, 5) is 0. The molecule has 0 spiro atoms. The van der Waals surface area contributed by atoms with Gasteiger partial charge in [0.1, 0.15) is 29.8 Å². The molecule has 1 heterocycles. The van der Waals surface area contributed by atoms with Crippen molar-refractivity contribution >= 4 is 12.2 Å². The van der Waals surface area contributed by atoms with Crippen molar-refractivity contribution in [3.05, 3.63) is 47.5 Å². The molecule has 0 unspecified atom stereocenters. The summed E-state index contributed by atoms with van der Waals surface area (Å²) in [6, 6.07) is 9.15. The maximum Gasteiger partial charge on any atom is 0.195 e. The number of methoxy groups -OCH3 is 1. The van der Waals surface area contributed by atoms with Crippen molar-refractivity contribution in [3.8, 4) is 23.0 Å². The Morgan fingerprint density at radius 3 is 2.37 bits per heavy atom. The monoisotopic (exact) mass is 420 g/mol. The highest BCUT2D eigenvalue weighted by atomic mass is 16.7. The fourth-order valence-corrected chi connectivity index (χ4v) is 3.13. The number of hydrogen-bond donors (Lipinski definition) is 6. The van der Waals surface area contributed by atoms with Crippen molar-refractivity contribution in [2.45, 2.75) is 30.7 Å². The average Bonchev–Trinajstić information content (AvgIpc) is 2.72. The molecule has 2 aromatic carbocycles. The molecule has 6 N–H and O–H groups in total. The van der Waals surface area contributed by atoms with Gasteiger partial charge < -0.3 is 44.8 Å². The molecular formula is C21H24O9. The molecule has 9 heteroatoms. The minimum atomic E-state index is -1.59. The van der Waals surface area contributed by atoms with E-state index in [4.69, 9.17) is 19.3 Å². The first-order valence-corrected chi connectivity index (χ1v) is 9.18. The predicted molar refractivity (Wildman–Crippen MR) is 106 cm³/mol. The zero-order valence-electron chi connectivity index (χ0n) is 16.1. The van der Waals surface area contributed by atoms with Crippen LogP contribution in [0.25, 0.3) is 12.2 Å². The molecule has 162 valence electrons. The minimum absolute atomic E-state index is 0.0143. The van der Waals surface area contributed by atoms with Crippen LogP contribution in [0.4, 0.5) is 0 Å². The molecular weight excluding hydrogens is 396 g/mol. The smallest absolute Gasteiger partial charge is 0.195 e. The lowest BCUT2D eigenvalue weighted by molar-refractivity contribution is -0.280. The summed E-state index contributed by atoms with van der Waals surface area (Å²) in [5.74, 6) is 0.324. The van der Waals surface area contributed by atoms with Gasteiger partial charge in [0.2, 0.25) is 0 Å². The molecule has 1 saturated heterocycles. The topological polar surface area (TPSA) is 149 Å². The van der Waals surface area contributed by atoms with Crippen LogP contribution in [0.5, 0.6) is 23.0 Å². The van der Waals surface area contributed by atoms with Gasteiger partial charge >= 0.3 is 0 Å². The normalized spacial score (nSPS) is 26.6. The summed E-state index contributed by atoms with van der Waals surface area (Å²) in [6.45, 7) is -0.579. The quantitative estimate of drug-likeness (QED) is 0.366. The minimum Gasteiger partial charge on any atom is -0.508 e. The molecule has 0 amide bonds. The van der Waals surface area contributed by atoms with Gasteiger partial charge in [0.05, 0.1) is 13.7 Å². The lowest BCUT2D eigenvalue weighted by Gasteiger charge is -2.39. The Balaban J connectivity index is 1.77. The Morgan fingerprint density at radius 2 is 1.70 bits per heavy atom. The van der Waals surface area contributed by atoms with E-state index < -0.39 is 37.3 Å². The first-order chi connectivity index (χ1) is 14.3. The number of benzene rings is 2. The van der Waals surface area contributed by atoms with Gasteiger partial charge in [-0.2, -0.15) is 0 Å². The van der Waals surface area contributed by atoms with Crippen LogP contribution in [-0.2, 0) is 4.74 Å². The van der Waals surface area contributed by atoms with E-state index in [0.717, 1.165) is 0 Å². The number of aromatic hydroxyl groups is 2. The molecule has 0 radical (unpaired) electrons. The second kappa shape index (κ2) is 9.33. The number of aliphatic hydroxyl groups is 4. The van der Waals surface area contributed by atoms with Crippen LogP contribution in [0.3, 0.4) is 0 Å². The third-order valence-corrected chi connectivity index (χ3v) is 4.70. The molecule has 0 aliphatic carbocycles. The third kappa shape index (κ3) is 4.84. The van der Waals surface area contributed by atoms with Gasteiger partial charge in [-0.3, -0.25) is 0 Å². The van der Waals surface area contributed by atoms with E-state index in [0.29, 0.717) is 16.9 Å². The number of aliphatic hydroxyl groups excluding tert-OH is 4. The second-order valence-electron chi connectivity index (χ2n) is 6.84. The Labute approximate surface area is 172 Å². The highest BCUT2D eigenvalue weighted by molar-refractivity contribution is 5.72. The summed E-state index contributed by atoms with van der Waals surface area (Å²) in [6.07, 6.45) is -3.69. The number of hydrogen-bond acceptors (Lipinski definition) is 9. The molecule has 1 fully saturated rings. The van der Waals surface area contributed by atoms with E-state index in [1.807, 2.05) is 0 Å². The lowest BCUT2D eigenvalue weighted by atomic mass is 9.99. The maximum atomic E-state index is 10.2. The van der Waals surface area contributed by atoms with Crippen LogP contribution in [0, 0.1) is 0 Å². The SMILES string of the molecule is COc1ccc(/C=C/c2cc(O)cc(O[C@@H]3[C@@H](O)[C@H](O)[C@@H](CO)O[C@H]3O)c2)cc1O. The first kappa shape index (κ1) is 21.9. The molecule has 1 aliphatic heterocycles. The first-order valence-electron chi connectivity index (χ1n) is 9.18. The number of phenolic OH excluding ortho intramolecular Hbond substituents is 2. The Kier molecular flexibility index (Phi) is 6.80. The predicted octanol–water partition coefficient (Wildman–Crippen LogP) is 0.455. The van der Waals surface area contributed by atoms with Gasteiger partial charge in [0.25, 0.3) is 0 Å². The van der Waals surface area contributed by atoms with Crippen LogP contribution < -0.4 is 9.47 Å². The van der Waals surface area contributed by atoms with Crippen molar-refractivity contribution in [1.29, 1.82) is 0 Å². The number of phenols is 2. The van der Waals surface area contributed by atoms with E-state index in [1.165, 1.54) is 25.3 Å². The van der Waals surface area contributed by atoms with Crippen LogP contribution >= 0.6 is 0 Å². The average molecular weight is 420 g/mol. The van der Waals surface area contributed by atoms with E-state index >= 15 is 0 Å². The molecule has 0 aromatic heterocycles. The maximum absolute atomic E-state index is 10.2. The number of ether oxygens (including phenoxy) is 3. The summed E-state index contributed by atoms with van der Waals surface area (Å²) in [7, 11) is 1.45. The molecule has 5 atom stereocenters. The molecule has 2 aromatic rings. The van der Waals surface area contributed by atoms with Crippen LogP contribution in [0.2, 0.25) is 0 Å². The van der Waals surface area contributed by atoms with Crippen LogP contribution in [0.1, 0.15) is 11.1 Å². The van der Waals surface area contributed by atoms with Crippen molar-refractivity contribution in [2.75, 3.05) is 13.7 Å². The molecule has 0 bridgehead atoms. The van der Waals surface area contributed by atoms with Gasteiger partial charge in [-0.1, -0.05) is 18.2 Å². The highest BCUT2D eigenvalue weighted by Crippen LogP contribution is 2.30. The number of rotatable bonds is 6. The van der Waals surface area contributed by atoms with Gasteiger partial charge in [0, 0.05) is 6.07 Å². The summed E-state index contributed by atoms with van der Waals surface area (Å²) < 4.78 is 15.6. The summed E-state index contributed by atoms with van der Waals surface area (Å²) >= 11 is 0. The zero-order chi connectivity index (χ0) is 21.8. The molecule has 9 nitrogen and oxygen atoms in total. The third-order valence-electron chi connectivity index (χ3n) is 4.70. The van der Waals surface area contributed by atoms with Crippen molar-refractivity contribution in [3.63, 3.8) is 0 Å². The van der Waals surface area contributed by atoms with Crippen molar-refractivity contribution in [1.82, 2.24) is 0 Å². The van der Waals surface area contributed by atoms with Gasteiger partial charge in [-0.15, -0.1) is 0 Å². The van der Waals surface area contributed by atoms with E-state index in [1.54, 1.807) is 30.4 Å². The highest BCUT2D eigenvalue weighted by Gasteiger charge is 2.45. The molecule has 3 rings (SSSR count). The molecule has 0 saturated carbocycles. The van der Waals surface area contributed by atoms with E-state index in [2.05, 4.69) is 0 Å². The van der Waals surface area contributed by atoms with Gasteiger partial charge in [0.15, 0.2) is 23.9 Å². The van der Waals surface area contributed by atoms with E-state index in [9.17, 15) is 25.5 Å². The Hall–Kier alpha value is -2.82. The molecule has 1 aliphatic rings. The summed E-state index contributed by atoms with van der Waals surface area (Å²) in [5, 5.41) is 59.2. The van der Waals surface area contributed by atoms with Crippen molar-refractivity contribution < 1.29 is 44.8 Å². The summed E-state index contributed by atoms with van der Waals surface area (Å²) in [5.41, 5.74) is 1.22. The zero-order valence-corrected chi connectivity index (χ0v) is 16.1. The van der Waals surface area contributed by atoms with E-state index in [-0.39, 0.29) is 17.2 Å². The van der Waals surface area contributed by atoms with Gasteiger partial charge in [-0.25, -0.2) is 0 Å². The fraction of sp³-hybridized carbons (Fsp3) is 0.333.